The third-order valence-electron chi connectivity index (χ3n) is 2.36. The van der Waals surface area contributed by atoms with Gasteiger partial charge in [0.1, 0.15) is 11.6 Å². The van der Waals surface area contributed by atoms with Crippen molar-refractivity contribution in [2.75, 3.05) is 11.9 Å². The molecule has 2 rings (SSSR count). The Labute approximate surface area is 108 Å². The molecule has 0 bridgehead atoms. The van der Waals surface area contributed by atoms with Crippen molar-refractivity contribution >= 4 is 21.7 Å². The van der Waals surface area contributed by atoms with Gasteiger partial charge < -0.3 is 5.32 Å². The Morgan fingerprint density at radius 3 is 2.53 bits per heavy atom. The third kappa shape index (κ3) is 3.82. The Morgan fingerprint density at radius 1 is 1.12 bits per heavy atom. The van der Waals surface area contributed by atoms with E-state index < -0.39 is 0 Å². The monoisotopic (exact) mass is 294 g/mol. The van der Waals surface area contributed by atoms with E-state index in [0.29, 0.717) is 0 Å². The molecule has 0 atom stereocenters. The summed E-state index contributed by atoms with van der Waals surface area (Å²) >= 11 is 3.33. The Kier molecular flexibility index (Phi) is 4.09. The molecule has 2 aromatic rings. The van der Waals surface area contributed by atoms with E-state index in [1.807, 2.05) is 12.1 Å². The lowest BCUT2D eigenvalue weighted by Crippen LogP contribution is -2.05. The number of hydrogen-bond donors (Lipinski definition) is 1. The first-order valence-electron chi connectivity index (χ1n) is 5.34. The van der Waals surface area contributed by atoms with Crippen LogP contribution in [0.3, 0.4) is 0 Å². The molecule has 2 nitrogen and oxygen atoms in total. The second kappa shape index (κ2) is 5.77. The molecule has 17 heavy (non-hydrogen) atoms. The van der Waals surface area contributed by atoms with E-state index in [4.69, 9.17) is 0 Å². The first-order valence-corrected chi connectivity index (χ1v) is 6.13. The van der Waals surface area contributed by atoms with Crippen LogP contribution in [0.15, 0.2) is 47.1 Å². The Balaban J connectivity index is 1.83. The first kappa shape index (κ1) is 12.0. The molecule has 1 N–H and O–H groups in total. The average Bonchev–Trinajstić information content (AvgIpc) is 2.34. The van der Waals surface area contributed by atoms with E-state index in [1.54, 1.807) is 18.3 Å². The van der Waals surface area contributed by atoms with Crippen molar-refractivity contribution < 1.29 is 4.39 Å². The standard InChI is InChI=1S/C13H12BrFN2/c14-11-3-6-13(17-9-11)16-8-7-10-1-4-12(15)5-2-10/h1-6,9H,7-8H2,(H,16,17). The van der Waals surface area contributed by atoms with Gasteiger partial charge in [0, 0.05) is 17.2 Å². The molecule has 88 valence electrons. The van der Waals surface area contributed by atoms with Crippen LogP contribution in [0, 0.1) is 5.82 Å². The zero-order valence-electron chi connectivity index (χ0n) is 9.16. The molecule has 0 aliphatic heterocycles. The molecule has 0 spiro atoms. The Hall–Kier alpha value is -1.42. The maximum Gasteiger partial charge on any atom is 0.125 e. The van der Waals surface area contributed by atoms with Crippen LogP contribution in [0.2, 0.25) is 0 Å². The molecule has 0 unspecified atom stereocenters. The van der Waals surface area contributed by atoms with Gasteiger partial charge in [-0.05, 0) is 52.2 Å². The number of nitrogens with one attached hydrogen (secondary N) is 1. The van der Waals surface area contributed by atoms with Gasteiger partial charge in [-0.1, -0.05) is 12.1 Å². The summed E-state index contributed by atoms with van der Waals surface area (Å²) in [4.78, 5) is 4.21. The number of anilines is 1. The first-order chi connectivity index (χ1) is 8.24. The molecule has 0 aliphatic carbocycles. The summed E-state index contributed by atoms with van der Waals surface area (Å²) in [5.41, 5.74) is 1.11. The van der Waals surface area contributed by atoms with Gasteiger partial charge in [0.15, 0.2) is 0 Å². The molecule has 4 heteroatoms. The molecule has 0 saturated heterocycles. The number of rotatable bonds is 4. The zero-order valence-corrected chi connectivity index (χ0v) is 10.7. The second-order valence-corrected chi connectivity index (χ2v) is 4.58. The minimum Gasteiger partial charge on any atom is -0.370 e. The fourth-order valence-corrected chi connectivity index (χ4v) is 1.70. The summed E-state index contributed by atoms with van der Waals surface area (Å²) in [5, 5.41) is 3.21. The summed E-state index contributed by atoms with van der Waals surface area (Å²) in [7, 11) is 0. The van der Waals surface area contributed by atoms with Gasteiger partial charge in [0.2, 0.25) is 0 Å². The summed E-state index contributed by atoms with van der Waals surface area (Å²) in [5.74, 6) is 0.645. The zero-order chi connectivity index (χ0) is 12.1. The van der Waals surface area contributed by atoms with E-state index in [-0.39, 0.29) is 5.82 Å². The Morgan fingerprint density at radius 2 is 1.88 bits per heavy atom. The SMILES string of the molecule is Fc1ccc(CCNc2ccc(Br)cn2)cc1. The van der Waals surface area contributed by atoms with Crippen molar-refractivity contribution in [2.24, 2.45) is 0 Å². The highest BCUT2D eigenvalue weighted by atomic mass is 79.9. The number of aromatic nitrogens is 1. The Bertz CT molecular complexity index is 422. The van der Waals surface area contributed by atoms with E-state index in [1.165, 1.54) is 12.1 Å². The predicted octanol–water partition coefficient (Wildman–Crippen LogP) is 3.64. The summed E-state index contributed by atoms with van der Waals surface area (Å²) in [6.07, 6.45) is 2.60. The van der Waals surface area contributed by atoms with Gasteiger partial charge in [-0.15, -0.1) is 0 Å². The molecular weight excluding hydrogens is 283 g/mol. The van der Waals surface area contributed by atoms with Crippen molar-refractivity contribution in [1.29, 1.82) is 0 Å². The minimum atomic E-state index is -0.198. The van der Waals surface area contributed by atoms with Gasteiger partial charge in [-0.2, -0.15) is 0 Å². The molecule has 0 aliphatic rings. The summed E-state index contributed by atoms with van der Waals surface area (Å²) < 4.78 is 13.6. The molecule has 1 heterocycles. The minimum absolute atomic E-state index is 0.198. The van der Waals surface area contributed by atoms with Gasteiger partial charge in [-0.25, -0.2) is 9.37 Å². The van der Waals surface area contributed by atoms with Crippen LogP contribution < -0.4 is 5.32 Å². The van der Waals surface area contributed by atoms with Gasteiger partial charge in [0.25, 0.3) is 0 Å². The highest BCUT2D eigenvalue weighted by Crippen LogP contribution is 2.10. The topological polar surface area (TPSA) is 24.9 Å². The van der Waals surface area contributed by atoms with E-state index in [9.17, 15) is 4.39 Å². The fraction of sp³-hybridized carbons (Fsp3) is 0.154. The van der Waals surface area contributed by atoms with Gasteiger partial charge in [0.05, 0.1) is 0 Å². The summed E-state index contributed by atoms with van der Waals surface area (Å²) in [6.45, 7) is 0.778. The van der Waals surface area contributed by atoms with Crippen molar-refractivity contribution in [3.63, 3.8) is 0 Å². The maximum absolute atomic E-state index is 12.7. The van der Waals surface area contributed by atoms with Crippen LogP contribution in [-0.4, -0.2) is 11.5 Å². The highest BCUT2D eigenvalue weighted by Gasteiger charge is 1.96. The van der Waals surface area contributed by atoms with E-state index in [2.05, 4.69) is 26.2 Å². The largest absolute Gasteiger partial charge is 0.370 e. The molecule has 0 amide bonds. The molecular formula is C13H12BrFN2. The molecule has 1 aromatic heterocycles. The fourth-order valence-electron chi connectivity index (χ4n) is 1.47. The molecule has 0 radical (unpaired) electrons. The van der Waals surface area contributed by atoms with Crippen molar-refractivity contribution in [2.45, 2.75) is 6.42 Å². The van der Waals surface area contributed by atoms with Crippen LogP contribution in [0.25, 0.3) is 0 Å². The van der Waals surface area contributed by atoms with E-state index in [0.717, 1.165) is 28.8 Å². The van der Waals surface area contributed by atoms with E-state index >= 15 is 0 Å². The number of halogens is 2. The molecule has 0 fully saturated rings. The van der Waals surface area contributed by atoms with Crippen LogP contribution >= 0.6 is 15.9 Å². The number of nitrogens with zero attached hydrogens (tertiary/aromatic N) is 1. The summed E-state index contributed by atoms with van der Waals surface area (Å²) in [6, 6.07) is 10.4. The number of benzene rings is 1. The van der Waals surface area contributed by atoms with Gasteiger partial charge >= 0.3 is 0 Å². The van der Waals surface area contributed by atoms with Crippen LogP contribution in [-0.2, 0) is 6.42 Å². The molecule has 1 aromatic carbocycles. The van der Waals surface area contributed by atoms with Crippen LogP contribution in [0.5, 0.6) is 0 Å². The van der Waals surface area contributed by atoms with Crippen LogP contribution in [0.4, 0.5) is 10.2 Å². The smallest absolute Gasteiger partial charge is 0.125 e. The van der Waals surface area contributed by atoms with Crippen LogP contribution in [0.1, 0.15) is 5.56 Å². The number of hydrogen-bond acceptors (Lipinski definition) is 2. The van der Waals surface area contributed by atoms with Crippen molar-refractivity contribution in [3.05, 3.63) is 58.4 Å². The lowest BCUT2D eigenvalue weighted by Gasteiger charge is -2.05. The average molecular weight is 295 g/mol. The number of pyridine rings is 1. The molecule has 0 saturated carbocycles. The third-order valence-corrected chi connectivity index (χ3v) is 2.83. The predicted molar refractivity (Wildman–Crippen MR) is 70.5 cm³/mol. The maximum atomic E-state index is 12.7. The second-order valence-electron chi connectivity index (χ2n) is 3.66. The lowest BCUT2D eigenvalue weighted by atomic mass is 10.1. The lowest BCUT2D eigenvalue weighted by molar-refractivity contribution is 0.627. The normalized spacial score (nSPS) is 10.2. The van der Waals surface area contributed by atoms with Crippen molar-refractivity contribution in [3.8, 4) is 0 Å². The van der Waals surface area contributed by atoms with Gasteiger partial charge in [-0.3, -0.25) is 0 Å². The highest BCUT2D eigenvalue weighted by molar-refractivity contribution is 9.10. The van der Waals surface area contributed by atoms with Crippen molar-refractivity contribution in [1.82, 2.24) is 4.98 Å². The quantitative estimate of drug-likeness (QED) is 0.931.